The van der Waals surface area contributed by atoms with Gasteiger partial charge in [-0.05, 0) is 42.2 Å². The van der Waals surface area contributed by atoms with Gasteiger partial charge in [0.15, 0.2) is 11.5 Å². The topological polar surface area (TPSA) is 65.7 Å². The van der Waals surface area contributed by atoms with Crippen molar-refractivity contribution in [1.82, 2.24) is 9.66 Å². The van der Waals surface area contributed by atoms with E-state index >= 15 is 0 Å². The molecule has 0 spiro atoms. The summed E-state index contributed by atoms with van der Waals surface area (Å²) in [6.45, 7) is 6.86. The molecule has 0 unspecified atom stereocenters. The molecule has 0 saturated heterocycles. The average Bonchev–Trinajstić information content (AvgIpc) is 3.10. The second kappa shape index (κ2) is 8.35. The lowest BCUT2D eigenvalue weighted by Crippen LogP contribution is -2.16. The Balaban J connectivity index is 1.86. The molecule has 7 heteroatoms. The quantitative estimate of drug-likeness (QED) is 0.578. The fourth-order valence-corrected chi connectivity index (χ4v) is 3.41. The zero-order chi connectivity index (χ0) is 19.4. The number of benzene rings is 1. The maximum atomic E-state index is 12.6. The highest BCUT2D eigenvalue weighted by molar-refractivity contribution is 7.18. The van der Waals surface area contributed by atoms with Gasteiger partial charge in [0.05, 0.1) is 25.3 Å². The summed E-state index contributed by atoms with van der Waals surface area (Å²) in [5.74, 6) is 1.75. The molecule has 0 bridgehead atoms. The second-order valence-electron chi connectivity index (χ2n) is 6.54. The van der Waals surface area contributed by atoms with Crippen molar-refractivity contribution < 1.29 is 9.47 Å². The predicted octanol–water partition coefficient (Wildman–Crippen LogP) is 3.95. The monoisotopic (exact) mass is 385 g/mol. The Morgan fingerprint density at radius 1 is 1.30 bits per heavy atom. The van der Waals surface area contributed by atoms with Crippen LogP contribution in [0.2, 0.25) is 0 Å². The van der Waals surface area contributed by atoms with Gasteiger partial charge in [-0.1, -0.05) is 20.8 Å². The van der Waals surface area contributed by atoms with E-state index in [0.29, 0.717) is 29.4 Å². The van der Waals surface area contributed by atoms with Gasteiger partial charge in [0.1, 0.15) is 11.2 Å². The lowest BCUT2D eigenvalue weighted by molar-refractivity contribution is 0.257. The molecular formula is C20H23N3O3S. The molecule has 27 heavy (non-hydrogen) atoms. The van der Waals surface area contributed by atoms with Crippen LogP contribution >= 0.6 is 11.3 Å². The molecule has 0 aliphatic heterocycles. The highest BCUT2D eigenvalue weighted by Crippen LogP contribution is 2.28. The number of aryl methyl sites for hydroxylation is 1. The van der Waals surface area contributed by atoms with Crippen LogP contribution in [-0.2, 0) is 6.42 Å². The maximum Gasteiger partial charge on any atom is 0.282 e. The lowest BCUT2D eigenvalue weighted by atomic mass is 10.2. The Kier molecular flexibility index (Phi) is 5.91. The van der Waals surface area contributed by atoms with E-state index in [1.807, 2.05) is 24.3 Å². The Bertz CT molecular complexity index is 1020. The molecule has 3 aromatic rings. The number of nitrogens with zero attached hydrogens (tertiary/aromatic N) is 3. The van der Waals surface area contributed by atoms with Gasteiger partial charge in [-0.2, -0.15) is 9.78 Å². The molecule has 0 atom stereocenters. The zero-order valence-corrected chi connectivity index (χ0v) is 16.7. The van der Waals surface area contributed by atoms with Crippen molar-refractivity contribution >= 4 is 27.8 Å². The van der Waals surface area contributed by atoms with Crippen LogP contribution in [0.15, 0.2) is 40.5 Å². The molecule has 2 aromatic heterocycles. The first-order chi connectivity index (χ1) is 13.0. The third-order valence-electron chi connectivity index (χ3n) is 3.93. The van der Waals surface area contributed by atoms with Gasteiger partial charge >= 0.3 is 0 Å². The molecule has 0 saturated carbocycles. The number of methoxy groups -OCH3 is 1. The van der Waals surface area contributed by atoms with Crippen molar-refractivity contribution in [3.8, 4) is 11.5 Å². The molecule has 0 aliphatic carbocycles. The predicted molar refractivity (Wildman–Crippen MR) is 110 cm³/mol. The summed E-state index contributed by atoms with van der Waals surface area (Å²) in [5, 5.41) is 4.87. The van der Waals surface area contributed by atoms with Crippen molar-refractivity contribution in [3.05, 3.63) is 51.4 Å². The van der Waals surface area contributed by atoms with Crippen LogP contribution in [0, 0.1) is 5.92 Å². The summed E-state index contributed by atoms with van der Waals surface area (Å²) in [5.41, 5.74) is 0.631. The highest BCUT2D eigenvalue weighted by Gasteiger charge is 2.09. The fourth-order valence-electron chi connectivity index (χ4n) is 2.49. The normalized spacial score (nSPS) is 11.6. The van der Waals surface area contributed by atoms with Crippen molar-refractivity contribution in [3.63, 3.8) is 0 Å². The number of ether oxygens (including phenoxy) is 2. The van der Waals surface area contributed by atoms with Crippen molar-refractivity contribution in [2.45, 2.75) is 27.2 Å². The van der Waals surface area contributed by atoms with Gasteiger partial charge in [-0.3, -0.25) is 4.79 Å². The lowest BCUT2D eigenvalue weighted by Gasteiger charge is -2.12. The molecule has 0 radical (unpaired) electrons. The molecule has 0 amide bonds. The summed E-state index contributed by atoms with van der Waals surface area (Å²) >= 11 is 1.54. The smallest absolute Gasteiger partial charge is 0.282 e. The Morgan fingerprint density at radius 3 is 2.81 bits per heavy atom. The molecule has 1 aromatic carbocycles. The maximum absolute atomic E-state index is 12.6. The van der Waals surface area contributed by atoms with Crippen LogP contribution < -0.4 is 15.0 Å². The van der Waals surface area contributed by atoms with E-state index in [0.717, 1.165) is 21.7 Å². The van der Waals surface area contributed by atoms with E-state index < -0.39 is 0 Å². The number of hydrogen-bond acceptors (Lipinski definition) is 6. The Morgan fingerprint density at radius 2 is 2.11 bits per heavy atom. The second-order valence-corrected chi connectivity index (χ2v) is 7.65. The van der Waals surface area contributed by atoms with Gasteiger partial charge in [0.2, 0.25) is 0 Å². The van der Waals surface area contributed by atoms with Crippen molar-refractivity contribution in [2.24, 2.45) is 11.0 Å². The van der Waals surface area contributed by atoms with Crippen LogP contribution in [0.1, 0.15) is 31.2 Å². The van der Waals surface area contributed by atoms with Gasteiger partial charge in [0, 0.05) is 4.88 Å². The minimum Gasteiger partial charge on any atom is -0.493 e. The molecule has 2 heterocycles. The summed E-state index contributed by atoms with van der Waals surface area (Å²) in [6, 6.07) is 7.44. The fraction of sp³-hybridized carbons (Fsp3) is 0.350. The van der Waals surface area contributed by atoms with Crippen LogP contribution in [0.3, 0.4) is 0 Å². The minimum atomic E-state index is -0.170. The number of rotatable bonds is 7. The van der Waals surface area contributed by atoms with E-state index in [9.17, 15) is 4.79 Å². The first kappa shape index (κ1) is 19.1. The molecule has 3 rings (SSSR count). The van der Waals surface area contributed by atoms with E-state index in [1.54, 1.807) is 24.7 Å². The van der Waals surface area contributed by atoms with Crippen LogP contribution in [0.5, 0.6) is 11.5 Å². The van der Waals surface area contributed by atoms with Gasteiger partial charge in [-0.25, -0.2) is 4.98 Å². The number of fused-ring (bicyclic) bond motifs is 1. The SMILES string of the molecule is CCc1cc2c(=O)n(/N=C\c3ccc(OCC(C)C)c(OC)c3)cnc2s1. The number of hydrogen-bond donors (Lipinski definition) is 0. The summed E-state index contributed by atoms with van der Waals surface area (Å²) in [6.07, 6.45) is 3.94. The van der Waals surface area contributed by atoms with Gasteiger partial charge in [0.25, 0.3) is 5.56 Å². The molecule has 6 nitrogen and oxygen atoms in total. The zero-order valence-electron chi connectivity index (χ0n) is 15.9. The summed E-state index contributed by atoms with van der Waals surface area (Å²) in [7, 11) is 1.60. The van der Waals surface area contributed by atoms with E-state index in [1.165, 1.54) is 11.0 Å². The van der Waals surface area contributed by atoms with E-state index in [4.69, 9.17) is 9.47 Å². The Hall–Kier alpha value is -2.67. The third kappa shape index (κ3) is 4.36. The van der Waals surface area contributed by atoms with Crippen LogP contribution in [0.4, 0.5) is 0 Å². The summed E-state index contributed by atoms with van der Waals surface area (Å²) in [4.78, 5) is 18.8. The van der Waals surface area contributed by atoms with Crippen molar-refractivity contribution in [2.75, 3.05) is 13.7 Å². The highest BCUT2D eigenvalue weighted by atomic mass is 32.1. The molecular weight excluding hydrogens is 362 g/mol. The van der Waals surface area contributed by atoms with E-state index in [2.05, 4.69) is 30.9 Å². The van der Waals surface area contributed by atoms with Gasteiger partial charge in [-0.15, -0.1) is 11.3 Å². The molecule has 0 N–H and O–H groups in total. The first-order valence-electron chi connectivity index (χ1n) is 8.87. The standard InChI is InChI=1S/C20H23N3O3S/c1-5-15-9-16-19(27-15)21-12-23(20(16)24)22-10-14-6-7-17(18(8-14)25-4)26-11-13(2)3/h6-10,12-13H,5,11H2,1-4H3/b22-10-. The largest absolute Gasteiger partial charge is 0.493 e. The Labute approximate surface area is 162 Å². The third-order valence-corrected chi connectivity index (χ3v) is 5.11. The molecule has 0 fully saturated rings. The molecule has 0 aliphatic rings. The molecule has 142 valence electrons. The van der Waals surface area contributed by atoms with Crippen LogP contribution in [0.25, 0.3) is 10.2 Å². The minimum absolute atomic E-state index is 0.170. The van der Waals surface area contributed by atoms with Crippen molar-refractivity contribution in [1.29, 1.82) is 0 Å². The van der Waals surface area contributed by atoms with E-state index in [-0.39, 0.29) is 5.56 Å². The van der Waals surface area contributed by atoms with Crippen LogP contribution in [-0.4, -0.2) is 29.6 Å². The first-order valence-corrected chi connectivity index (χ1v) is 9.68. The number of thiophene rings is 1. The van der Waals surface area contributed by atoms with Gasteiger partial charge < -0.3 is 9.47 Å². The summed E-state index contributed by atoms with van der Waals surface area (Å²) < 4.78 is 12.4. The average molecular weight is 385 g/mol. The number of aromatic nitrogens is 2.